The van der Waals surface area contributed by atoms with Crippen LogP contribution in [-0.4, -0.2) is 19.7 Å². The highest BCUT2D eigenvalue weighted by molar-refractivity contribution is 14.1. The van der Waals surface area contributed by atoms with Gasteiger partial charge in [0.15, 0.2) is 6.61 Å². The van der Waals surface area contributed by atoms with Crippen LogP contribution in [0.1, 0.15) is 0 Å². The second-order valence-corrected chi connectivity index (χ2v) is 7.14. The van der Waals surface area contributed by atoms with Crippen LogP contribution in [0.15, 0.2) is 6.07 Å². The van der Waals surface area contributed by atoms with Gasteiger partial charge in [-0.15, -0.1) is 0 Å². The molecule has 0 atom stereocenters. The van der Waals surface area contributed by atoms with Crippen molar-refractivity contribution in [3.63, 3.8) is 0 Å². The summed E-state index contributed by atoms with van der Waals surface area (Å²) in [6, 6.07) is 2.03. The second kappa shape index (κ2) is 7.11. The minimum absolute atomic E-state index is 0.0564. The third kappa shape index (κ3) is 3.96. The number of rotatable bonds is 3. The van der Waals surface area contributed by atoms with Gasteiger partial charge < -0.3 is 9.47 Å². The summed E-state index contributed by atoms with van der Waals surface area (Å²) >= 11 is 8.96. The van der Waals surface area contributed by atoms with Crippen LogP contribution in [0.3, 0.4) is 0 Å². The van der Waals surface area contributed by atoms with Crippen molar-refractivity contribution in [1.29, 1.82) is 0 Å². The summed E-state index contributed by atoms with van der Waals surface area (Å²) in [6.07, 6.45) is 0. The molecule has 0 aromatic heterocycles. The van der Waals surface area contributed by atoms with Crippen LogP contribution < -0.4 is 4.74 Å². The zero-order valence-corrected chi connectivity index (χ0v) is 16.7. The summed E-state index contributed by atoms with van der Waals surface area (Å²) in [4.78, 5) is 11.0. The first-order chi connectivity index (χ1) is 7.47. The Hall–Kier alpha value is 1.41. The summed E-state index contributed by atoms with van der Waals surface area (Å²) < 4.78 is 14.3. The Morgan fingerprint density at radius 3 is 2.38 bits per heavy atom. The Morgan fingerprint density at radius 2 is 1.81 bits per heavy atom. The van der Waals surface area contributed by atoms with Crippen molar-refractivity contribution in [2.45, 2.75) is 0 Å². The topological polar surface area (TPSA) is 35.5 Å². The quantitative estimate of drug-likeness (QED) is 0.214. The highest BCUT2D eigenvalue weighted by Crippen LogP contribution is 2.34. The number of hydrogen-bond acceptors (Lipinski definition) is 3. The van der Waals surface area contributed by atoms with E-state index in [0.717, 1.165) is 16.5 Å². The number of ether oxygens (including phenoxy) is 2. The van der Waals surface area contributed by atoms with Crippen LogP contribution in [0, 0.1) is 14.3 Å². The van der Waals surface area contributed by atoms with Crippen LogP contribution in [0.25, 0.3) is 0 Å². The molecular formula is C9H6I4O3. The lowest BCUT2D eigenvalue weighted by Gasteiger charge is -2.11. The molecule has 0 N–H and O–H groups in total. The molecule has 1 rings (SSSR count). The van der Waals surface area contributed by atoms with E-state index >= 15 is 0 Å². The van der Waals surface area contributed by atoms with Gasteiger partial charge in [0.2, 0.25) is 0 Å². The van der Waals surface area contributed by atoms with Crippen molar-refractivity contribution in [2.24, 2.45) is 0 Å². The fourth-order valence-electron chi connectivity index (χ4n) is 0.872. The summed E-state index contributed by atoms with van der Waals surface area (Å²) in [6.45, 7) is -0.0564. The molecule has 88 valence electrons. The van der Waals surface area contributed by atoms with Crippen LogP contribution in [0.2, 0.25) is 0 Å². The van der Waals surface area contributed by atoms with E-state index in [2.05, 4.69) is 95.1 Å². The zero-order chi connectivity index (χ0) is 12.3. The first kappa shape index (κ1) is 15.5. The Labute approximate surface area is 148 Å². The van der Waals surface area contributed by atoms with E-state index in [-0.39, 0.29) is 12.6 Å². The molecule has 0 amide bonds. The average molecular weight is 670 g/mol. The van der Waals surface area contributed by atoms with Crippen molar-refractivity contribution in [2.75, 3.05) is 13.7 Å². The summed E-state index contributed by atoms with van der Waals surface area (Å²) in [5.41, 5.74) is 0. The molecule has 0 bridgehead atoms. The van der Waals surface area contributed by atoms with Crippen LogP contribution in [0.4, 0.5) is 0 Å². The second-order valence-electron chi connectivity index (χ2n) is 2.66. The van der Waals surface area contributed by atoms with E-state index in [4.69, 9.17) is 4.74 Å². The van der Waals surface area contributed by atoms with Gasteiger partial charge >= 0.3 is 5.97 Å². The number of carbonyl (C=O) groups is 1. The number of halogens is 4. The molecule has 0 aliphatic heterocycles. The van der Waals surface area contributed by atoms with Gasteiger partial charge in [-0.1, -0.05) is 0 Å². The van der Waals surface area contributed by atoms with Gasteiger partial charge in [-0.25, -0.2) is 4.79 Å². The zero-order valence-electron chi connectivity index (χ0n) is 8.02. The first-order valence-corrected chi connectivity index (χ1v) is 8.31. The largest absolute Gasteiger partial charge is 0.480 e. The molecule has 1 aromatic rings. The van der Waals surface area contributed by atoms with Crippen LogP contribution in [0.5, 0.6) is 5.75 Å². The molecular weight excluding hydrogens is 664 g/mol. The number of hydrogen-bond donors (Lipinski definition) is 0. The van der Waals surface area contributed by atoms with Crippen molar-refractivity contribution in [3.8, 4) is 5.75 Å². The van der Waals surface area contributed by atoms with E-state index in [1.165, 1.54) is 10.7 Å². The maximum absolute atomic E-state index is 11.0. The first-order valence-electron chi connectivity index (χ1n) is 4.00. The summed E-state index contributed by atoms with van der Waals surface area (Å²) in [7, 11) is 1.35. The molecule has 1 aromatic carbocycles. The molecule has 0 aliphatic carbocycles. The molecule has 7 heteroatoms. The molecule has 16 heavy (non-hydrogen) atoms. The maximum atomic E-state index is 11.0. The minimum Gasteiger partial charge on any atom is -0.480 e. The molecule has 0 saturated carbocycles. The Morgan fingerprint density at radius 1 is 1.19 bits per heavy atom. The Bertz CT molecular complexity index is 420. The highest BCUT2D eigenvalue weighted by Gasteiger charge is 2.14. The molecule has 3 nitrogen and oxygen atoms in total. The number of carbonyl (C=O) groups excluding carboxylic acids is 1. The van der Waals surface area contributed by atoms with Gasteiger partial charge in [-0.3, -0.25) is 0 Å². The molecule has 0 aliphatic rings. The van der Waals surface area contributed by atoms with Gasteiger partial charge in [0, 0.05) is 7.14 Å². The van der Waals surface area contributed by atoms with Gasteiger partial charge in [-0.05, 0) is 96.4 Å². The predicted octanol–water partition coefficient (Wildman–Crippen LogP) is 3.66. The van der Waals surface area contributed by atoms with Gasteiger partial charge in [-0.2, -0.15) is 0 Å². The molecule has 0 unspecified atom stereocenters. The van der Waals surface area contributed by atoms with E-state index in [1.807, 2.05) is 6.07 Å². The molecule has 0 spiro atoms. The predicted molar refractivity (Wildman–Crippen MR) is 94.8 cm³/mol. The van der Waals surface area contributed by atoms with Gasteiger partial charge in [0.1, 0.15) is 5.75 Å². The van der Waals surface area contributed by atoms with Crippen molar-refractivity contribution >= 4 is 96.3 Å². The van der Waals surface area contributed by atoms with E-state index in [9.17, 15) is 4.79 Å². The SMILES string of the molecule is COC(=O)COc1c(I)cc(I)c(I)c1I. The Kier molecular flexibility index (Phi) is 6.87. The lowest BCUT2D eigenvalue weighted by Crippen LogP contribution is -2.14. The number of benzene rings is 1. The third-order valence-corrected chi connectivity index (χ3v) is 7.50. The molecule has 0 heterocycles. The normalized spacial score (nSPS) is 10.1. The fourth-order valence-corrected chi connectivity index (χ4v) is 4.96. The van der Waals surface area contributed by atoms with Crippen molar-refractivity contribution in [3.05, 3.63) is 20.3 Å². The van der Waals surface area contributed by atoms with Gasteiger partial charge in [0.05, 0.1) is 14.3 Å². The number of methoxy groups -OCH3 is 1. The summed E-state index contributed by atoms with van der Waals surface area (Å²) in [5, 5.41) is 0. The van der Waals surface area contributed by atoms with E-state index < -0.39 is 0 Å². The van der Waals surface area contributed by atoms with Crippen LogP contribution in [-0.2, 0) is 9.53 Å². The average Bonchev–Trinajstić information content (AvgIpc) is 2.25. The molecule has 0 fully saturated rings. The Balaban J connectivity index is 2.96. The van der Waals surface area contributed by atoms with Crippen molar-refractivity contribution < 1.29 is 14.3 Å². The van der Waals surface area contributed by atoms with E-state index in [0.29, 0.717) is 0 Å². The van der Waals surface area contributed by atoms with Crippen LogP contribution >= 0.6 is 90.4 Å². The standard InChI is InChI=1S/C9H6I4O3/c1-15-6(14)3-16-9-5(11)2-4(10)7(12)8(9)13/h2H,3H2,1H3. The summed E-state index contributed by atoms with van der Waals surface area (Å²) in [5.74, 6) is 0.372. The monoisotopic (exact) mass is 670 g/mol. The lowest BCUT2D eigenvalue weighted by molar-refractivity contribution is -0.142. The van der Waals surface area contributed by atoms with Gasteiger partial charge in [0.25, 0.3) is 0 Å². The molecule has 0 saturated heterocycles. The number of esters is 1. The fraction of sp³-hybridized carbons (Fsp3) is 0.222. The van der Waals surface area contributed by atoms with E-state index in [1.54, 1.807) is 0 Å². The smallest absolute Gasteiger partial charge is 0.343 e. The third-order valence-electron chi connectivity index (χ3n) is 1.63. The molecule has 0 radical (unpaired) electrons. The minimum atomic E-state index is -0.375. The highest BCUT2D eigenvalue weighted by atomic mass is 127. The lowest BCUT2D eigenvalue weighted by atomic mass is 10.3. The van der Waals surface area contributed by atoms with Crippen molar-refractivity contribution in [1.82, 2.24) is 0 Å². The maximum Gasteiger partial charge on any atom is 0.343 e.